The van der Waals surface area contributed by atoms with Gasteiger partial charge in [0.25, 0.3) is 0 Å². The van der Waals surface area contributed by atoms with Crippen LogP contribution < -0.4 is 5.32 Å². The number of hydrogen-bond donors (Lipinski definition) is 1. The Bertz CT molecular complexity index is 677. The van der Waals surface area contributed by atoms with Gasteiger partial charge in [-0.05, 0) is 44.4 Å². The maximum Gasteiger partial charge on any atom is 0.128 e. The number of rotatable bonds is 4. The normalized spacial score (nSPS) is 11.3. The van der Waals surface area contributed by atoms with Crippen LogP contribution in [0.3, 0.4) is 0 Å². The molecule has 2 aromatic rings. The predicted molar refractivity (Wildman–Crippen MR) is 87.6 cm³/mol. The lowest BCUT2D eigenvalue weighted by Gasteiger charge is -2.22. The van der Waals surface area contributed by atoms with Crippen molar-refractivity contribution < 1.29 is 0 Å². The van der Waals surface area contributed by atoms with Gasteiger partial charge >= 0.3 is 0 Å². The third-order valence-corrected chi connectivity index (χ3v) is 4.62. The summed E-state index contributed by atoms with van der Waals surface area (Å²) in [5, 5.41) is 14.0. The Kier molecular flexibility index (Phi) is 4.42. The zero-order valence-corrected chi connectivity index (χ0v) is 13.3. The van der Waals surface area contributed by atoms with Crippen LogP contribution in [0.4, 0.5) is 5.82 Å². The Labute approximate surface area is 128 Å². The van der Waals surface area contributed by atoms with Crippen LogP contribution in [0.5, 0.6) is 0 Å². The minimum Gasteiger partial charge on any atom is -0.369 e. The number of fused-ring (bicyclic) bond motifs is 1. The lowest BCUT2D eigenvalue weighted by molar-refractivity contribution is 0.750. The van der Waals surface area contributed by atoms with Gasteiger partial charge in [-0.2, -0.15) is 17.0 Å². The number of thioether (sulfide) groups is 1. The molecule has 0 radical (unpaired) electrons. The number of nitrogens with one attached hydrogen (secondary N) is 1. The van der Waals surface area contributed by atoms with Crippen LogP contribution in [0, 0.1) is 11.3 Å². The van der Waals surface area contributed by atoms with E-state index in [1.54, 1.807) is 30.0 Å². The number of halogens is 1. The van der Waals surface area contributed by atoms with Gasteiger partial charge in [0.15, 0.2) is 0 Å². The average Bonchev–Trinajstić information content (AvgIpc) is 2.44. The van der Waals surface area contributed by atoms with Crippen molar-refractivity contribution >= 4 is 40.1 Å². The molecule has 5 heteroatoms. The van der Waals surface area contributed by atoms with Crippen molar-refractivity contribution in [3.63, 3.8) is 0 Å². The number of nitriles is 1. The van der Waals surface area contributed by atoms with Crippen LogP contribution in [-0.4, -0.2) is 22.5 Å². The SMILES string of the molecule is CSC(C)(C)CNc1cc(C#N)c2cc(Cl)ccc2n1. The molecule has 0 fully saturated rings. The third-order valence-electron chi connectivity index (χ3n) is 3.14. The molecule has 0 amide bonds. The van der Waals surface area contributed by atoms with E-state index in [2.05, 4.69) is 36.5 Å². The van der Waals surface area contributed by atoms with E-state index in [4.69, 9.17) is 11.6 Å². The molecule has 1 heterocycles. The topological polar surface area (TPSA) is 48.7 Å². The summed E-state index contributed by atoms with van der Waals surface area (Å²) in [6, 6.07) is 9.38. The molecule has 0 bridgehead atoms. The van der Waals surface area contributed by atoms with E-state index in [9.17, 15) is 5.26 Å². The van der Waals surface area contributed by atoms with Gasteiger partial charge in [-0.25, -0.2) is 4.98 Å². The molecule has 2 rings (SSSR count). The van der Waals surface area contributed by atoms with E-state index in [1.807, 2.05) is 6.07 Å². The predicted octanol–water partition coefficient (Wildman–Crippen LogP) is 4.31. The first-order valence-electron chi connectivity index (χ1n) is 6.24. The number of aromatic nitrogens is 1. The molecular formula is C15H16ClN3S. The quantitative estimate of drug-likeness (QED) is 0.914. The molecule has 0 aliphatic heterocycles. The van der Waals surface area contributed by atoms with Crippen LogP contribution in [0.1, 0.15) is 19.4 Å². The van der Waals surface area contributed by atoms with Gasteiger partial charge in [-0.3, -0.25) is 0 Å². The molecule has 0 saturated carbocycles. The van der Waals surface area contributed by atoms with Crippen LogP contribution in [0.15, 0.2) is 24.3 Å². The van der Waals surface area contributed by atoms with Crippen molar-refractivity contribution in [3.8, 4) is 6.07 Å². The Morgan fingerprint density at radius 2 is 2.15 bits per heavy atom. The second-order valence-electron chi connectivity index (χ2n) is 5.15. The fourth-order valence-electron chi connectivity index (χ4n) is 1.76. The lowest BCUT2D eigenvalue weighted by Crippen LogP contribution is -2.26. The van der Waals surface area contributed by atoms with E-state index in [-0.39, 0.29) is 4.75 Å². The Morgan fingerprint density at radius 3 is 2.80 bits per heavy atom. The molecule has 20 heavy (non-hydrogen) atoms. The maximum absolute atomic E-state index is 9.27. The first-order valence-corrected chi connectivity index (χ1v) is 7.85. The molecule has 104 valence electrons. The maximum atomic E-state index is 9.27. The number of benzene rings is 1. The van der Waals surface area contributed by atoms with E-state index in [1.165, 1.54) is 0 Å². The van der Waals surface area contributed by atoms with Crippen LogP contribution in [0.25, 0.3) is 10.9 Å². The number of hydrogen-bond acceptors (Lipinski definition) is 4. The molecule has 1 aromatic heterocycles. The highest BCUT2D eigenvalue weighted by Gasteiger charge is 2.16. The fraction of sp³-hybridized carbons (Fsp3) is 0.333. The van der Waals surface area contributed by atoms with E-state index < -0.39 is 0 Å². The van der Waals surface area contributed by atoms with Crippen molar-refractivity contribution in [2.45, 2.75) is 18.6 Å². The summed E-state index contributed by atoms with van der Waals surface area (Å²) in [6.45, 7) is 5.11. The molecular weight excluding hydrogens is 290 g/mol. The Morgan fingerprint density at radius 1 is 1.40 bits per heavy atom. The summed E-state index contributed by atoms with van der Waals surface area (Å²) in [4.78, 5) is 4.53. The summed E-state index contributed by atoms with van der Waals surface area (Å²) in [5.41, 5.74) is 1.36. The second-order valence-corrected chi connectivity index (χ2v) is 7.10. The van der Waals surface area contributed by atoms with Crippen molar-refractivity contribution in [3.05, 3.63) is 34.9 Å². The van der Waals surface area contributed by atoms with Gasteiger partial charge < -0.3 is 5.32 Å². The van der Waals surface area contributed by atoms with E-state index >= 15 is 0 Å². The van der Waals surface area contributed by atoms with Crippen LogP contribution in [0.2, 0.25) is 5.02 Å². The molecule has 1 aromatic carbocycles. The Balaban J connectivity index is 2.37. The second kappa shape index (κ2) is 5.90. The highest BCUT2D eigenvalue weighted by Crippen LogP contribution is 2.25. The third kappa shape index (κ3) is 3.36. The number of nitrogens with zero attached hydrogens (tertiary/aromatic N) is 2. The summed E-state index contributed by atoms with van der Waals surface area (Å²) in [6.07, 6.45) is 2.08. The standard InChI is InChI=1S/C15H16ClN3S/c1-15(2,20-3)9-18-14-6-10(8-17)12-7-11(16)4-5-13(12)19-14/h4-7H,9H2,1-3H3,(H,18,19). The largest absolute Gasteiger partial charge is 0.369 e. The minimum absolute atomic E-state index is 0.115. The highest BCUT2D eigenvalue weighted by molar-refractivity contribution is 7.99. The monoisotopic (exact) mass is 305 g/mol. The lowest BCUT2D eigenvalue weighted by atomic mass is 10.1. The van der Waals surface area contributed by atoms with Crippen molar-refractivity contribution in [2.24, 2.45) is 0 Å². The molecule has 3 nitrogen and oxygen atoms in total. The molecule has 1 N–H and O–H groups in total. The average molecular weight is 306 g/mol. The van der Waals surface area contributed by atoms with Crippen molar-refractivity contribution in [1.29, 1.82) is 5.26 Å². The first kappa shape index (κ1) is 15.0. The van der Waals surface area contributed by atoms with Crippen LogP contribution in [-0.2, 0) is 0 Å². The smallest absolute Gasteiger partial charge is 0.128 e. The summed E-state index contributed by atoms with van der Waals surface area (Å²) < 4.78 is 0.115. The Hall–Kier alpha value is -1.44. The first-order chi connectivity index (χ1) is 9.45. The summed E-state index contributed by atoms with van der Waals surface area (Å²) >= 11 is 7.76. The molecule has 0 spiro atoms. The summed E-state index contributed by atoms with van der Waals surface area (Å²) in [7, 11) is 0. The minimum atomic E-state index is 0.115. The molecule has 0 saturated heterocycles. The fourth-order valence-corrected chi connectivity index (χ4v) is 2.15. The highest BCUT2D eigenvalue weighted by atomic mass is 35.5. The van der Waals surface area contributed by atoms with Crippen molar-refractivity contribution in [1.82, 2.24) is 4.98 Å². The molecule has 0 aliphatic rings. The van der Waals surface area contributed by atoms with E-state index in [0.29, 0.717) is 10.6 Å². The van der Waals surface area contributed by atoms with Crippen molar-refractivity contribution in [2.75, 3.05) is 18.1 Å². The molecule has 0 atom stereocenters. The van der Waals surface area contributed by atoms with Gasteiger partial charge in [0, 0.05) is 21.7 Å². The molecule has 0 aliphatic carbocycles. The zero-order chi connectivity index (χ0) is 14.8. The zero-order valence-electron chi connectivity index (χ0n) is 11.7. The molecule has 0 unspecified atom stereocenters. The van der Waals surface area contributed by atoms with Crippen LogP contribution >= 0.6 is 23.4 Å². The number of anilines is 1. The van der Waals surface area contributed by atoms with E-state index in [0.717, 1.165) is 23.3 Å². The number of pyridine rings is 1. The van der Waals surface area contributed by atoms with Gasteiger partial charge in [0.1, 0.15) is 5.82 Å². The van der Waals surface area contributed by atoms with Gasteiger partial charge in [0.05, 0.1) is 17.1 Å². The van der Waals surface area contributed by atoms with Gasteiger partial charge in [-0.1, -0.05) is 11.6 Å². The van der Waals surface area contributed by atoms with Gasteiger partial charge in [-0.15, -0.1) is 0 Å². The summed E-state index contributed by atoms with van der Waals surface area (Å²) in [5.74, 6) is 0.721. The van der Waals surface area contributed by atoms with Gasteiger partial charge in [0.2, 0.25) is 0 Å².